The molecular formula is C28H29F3N4O3S. The molecule has 4 heterocycles. The monoisotopic (exact) mass is 558 g/mol. The number of alkyl halides is 3. The number of piperidine rings is 1. The highest BCUT2D eigenvalue weighted by atomic mass is 32.1. The second kappa shape index (κ2) is 10.6. The molecule has 0 N–H and O–H groups in total. The molecule has 2 aliphatic rings. The van der Waals surface area contributed by atoms with Crippen molar-refractivity contribution in [3.63, 3.8) is 0 Å². The third-order valence-corrected chi connectivity index (χ3v) is 8.37. The molecular weight excluding hydrogens is 529 g/mol. The van der Waals surface area contributed by atoms with Crippen LogP contribution in [0.3, 0.4) is 0 Å². The maximum Gasteiger partial charge on any atom is 0.417 e. The van der Waals surface area contributed by atoms with Gasteiger partial charge in [-0.1, -0.05) is 22.9 Å². The maximum absolute atomic E-state index is 13.0. The lowest BCUT2D eigenvalue weighted by atomic mass is 9.93. The van der Waals surface area contributed by atoms with Gasteiger partial charge < -0.3 is 14.3 Å². The van der Waals surface area contributed by atoms with Gasteiger partial charge in [-0.2, -0.15) is 13.2 Å². The smallest absolute Gasteiger partial charge is 0.387 e. The second-order valence-corrected chi connectivity index (χ2v) is 11.1. The SMILES string of the molecule is Cc1cc(C)c(C2CC(c3csc(C4CCN(C(=O)Cn5cc(C(F)(F)F)ccc5=O)CC4)n3)=NO2)c(C)c1. The summed E-state index contributed by atoms with van der Waals surface area (Å²) in [6.07, 6.45) is -2.00. The summed E-state index contributed by atoms with van der Waals surface area (Å²) in [6, 6.07) is 5.87. The first-order valence-corrected chi connectivity index (χ1v) is 13.7. The van der Waals surface area contributed by atoms with Crippen LogP contribution in [0.15, 0.2) is 45.8 Å². The van der Waals surface area contributed by atoms with Crippen LogP contribution in [0.25, 0.3) is 0 Å². The van der Waals surface area contributed by atoms with Gasteiger partial charge in [-0.15, -0.1) is 11.3 Å². The summed E-state index contributed by atoms with van der Waals surface area (Å²) in [4.78, 5) is 37.0. The molecule has 1 saturated heterocycles. The molecule has 0 aliphatic carbocycles. The highest BCUT2D eigenvalue weighted by Crippen LogP contribution is 2.36. The fourth-order valence-electron chi connectivity index (χ4n) is 5.43. The van der Waals surface area contributed by atoms with Crippen molar-refractivity contribution in [2.45, 2.75) is 64.8 Å². The number of carbonyl (C=O) groups excluding carboxylic acids is 1. The lowest BCUT2D eigenvalue weighted by Crippen LogP contribution is -2.41. The van der Waals surface area contributed by atoms with Crippen LogP contribution < -0.4 is 5.56 Å². The predicted molar refractivity (Wildman–Crippen MR) is 142 cm³/mol. The quantitative estimate of drug-likeness (QED) is 0.413. The average molecular weight is 559 g/mol. The Labute approximate surface area is 227 Å². The van der Waals surface area contributed by atoms with Gasteiger partial charge in [0.2, 0.25) is 5.91 Å². The van der Waals surface area contributed by atoms with Gasteiger partial charge in [0.25, 0.3) is 5.56 Å². The molecule has 1 aromatic carbocycles. The Morgan fingerprint density at radius 2 is 1.82 bits per heavy atom. The standard InChI is InChI=1S/C28H29F3N4O3S/c1-16-10-17(2)26(18(3)11-16)23-12-21(33-38-23)22-15-39-27(32-22)19-6-8-34(9-7-19)25(37)14-35-13-20(28(29,30)31)4-5-24(35)36/h4-5,10-11,13,15,19,23H,6-9,12,14H2,1-3H3. The fraction of sp³-hybridized carbons (Fsp3) is 0.429. The Kier molecular flexibility index (Phi) is 7.37. The van der Waals surface area contributed by atoms with Crippen molar-refractivity contribution < 1.29 is 22.8 Å². The molecule has 1 amide bonds. The predicted octanol–water partition coefficient (Wildman–Crippen LogP) is 5.52. The molecule has 0 radical (unpaired) electrons. The number of aromatic nitrogens is 2. The number of pyridine rings is 1. The average Bonchev–Trinajstić information content (AvgIpc) is 3.54. The van der Waals surface area contributed by atoms with Crippen LogP contribution in [0.2, 0.25) is 0 Å². The van der Waals surface area contributed by atoms with Gasteiger partial charge in [0.05, 0.1) is 16.3 Å². The first-order chi connectivity index (χ1) is 18.5. The second-order valence-electron chi connectivity index (χ2n) is 10.3. The number of rotatable bonds is 5. The van der Waals surface area contributed by atoms with E-state index in [0.29, 0.717) is 38.5 Å². The highest BCUT2D eigenvalue weighted by molar-refractivity contribution is 7.10. The van der Waals surface area contributed by atoms with Crippen molar-refractivity contribution in [3.8, 4) is 0 Å². The Morgan fingerprint density at radius 3 is 2.49 bits per heavy atom. The minimum absolute atomic E-state index is 0.135. The van der Waals surface area contributed by atoms with E-state index < -0.39 is 23.8 Å². The van der Waals surface area contributed by atoms with Crippen LogP contribution in [-0.4, -0.2) is 39.2 Å². The number of amides is 1. The van der Waals surface area contributed by atoms with Crippen LogP contribution in [0, 0.1) is 20.8 Å². The van der Waals surface area contributed by atoms with E-state index in [1.807, 2.05) is 5.38 Å². The number of thiazole rings is 1. The summed E-state index contributed by atoms with van der Waals surface area (Å²) < 4.78 is 39.8. The van der Waals surface area contributed by atoms with Gasteiger partial charge in [-0.25, -0.2) is 4.98 Å². The third kappa shape index (κ3) is 5.78. The lowest BCUT2D eigenvalue weighted by Gasteiger charge is -2.31. The van der Waals surface area contributed by atoms with Crippen LogP contribution in [0.4, 0.5) is 13.2 Å². The van der Waals surface area contributed by atoms with Gasteiger partial charge in [0, 0.05) is 48.6 Å². The number of nitrogens with zero attached hydrogens (tertiary/aromatic N) is 4. The molecule has 11 heteroatoms. The molecule has 2 aliphatic heterocycles. The number of hydrogen-bond acceptors (Lipinski definition) is 6. The molecule has 2 aromatic heterocycles. The number of oxime groups is 1. The summed E-state index contributed by atoms with van der Waals surface area (Å²) in [7, 11) is 0. The third-order valence-electron chi connectivity index (χ3n) is 7.36. The van der Waals surface area contributed by atoms with Crippen LogP contribution in [0.1, 0.15) is 69.8 Å². The fourth-order valence-corrected chi connectivity index (χ4v) is 6.43. The van der Waals surface area contributed by atoms with Gasteiger partial charge in [-0.3, -0.25) is 9.59 Å². The number of carbonyl (C=O) groups is 1. The number of hydrogen-bond donors (Lipinski definition) is 0. The van der Waals surface area contributed by atoms with E-state index in [9.17, 15) is 22.8 Å². The molecule has 0 bridgehead atoms. The van der Waals surface area contributed by atoms with E-state index in [2.05, 4.69) is 38.1 Å². The number of likely N-dealkylation sites (tertiary alicyclic amines) is 1. The zero-order valence-corrected chi connectivity index (χ0v) is 22.7. The summed E-state index contributed by atoms with van der Waals surface area (Å²) in [6.45, 7) is 6.74. The van der Waals surface area contributed by atoms with Gasteiger partial charge in [0.1, 0.15) is 12.3 Å². The topological polar surface area (TPSA) is 76.8 Å². The summed E-state index contributed by atoms with van der Waals surface area (Å²) in [5.41, 5.74) is 4.78. The van der Waals surface area contributed by atoms with Crippen molar-refractivity contribution >= 4 is 23.0 Å². The number of aryl methyl sites for hydroxylation is 3. The van der Waals surface area contributed by atoms with Crippen molar-refractivity contribution in [2.75, 3.05) is 13.1 Å². The molecule has 39 heavy (non-hydrogen) atoms. The molecule has 1 unspecified atom stereocenters. The van der Waals surface area contributed by atoms with Crippen molar-refractivity contribution in [3.05, 3.63) is 84.7 Å². The molecule has 206 valence electrons. The lowest BCUT2D eigenvalue weighted by molar-refractivity contribution is -0.139. The van der Waals surface area contributed by atoms with E-state index in [1.165, 1.54) is 22.3 Å². The summed E-state index contributed by atoms with van der Waals surface area (Å²) in [5.74, 6) is -0.204. The van der Waals surface area contributed by atoms with Gasteiger partial charge in [-0.05, 0) is 50.8 Å². The van der Waals surface area contributed by atoms with Crippen LogP contribution in [-0.2, 0) is 22.4 Å². The summed E-state index contributed by atoms with van der Waals surface area (Å²) in [5, 5.41) is 7.30. The molecule has 0 spiro atoms. The Morgan fingerprint density at radius 1 is 1.13 bits per heavy atom. The normalized spacial score (nSPS) is 18.3. The highest BCUT2D eigenvalue weighted by Gasteiger charge is 2.32. The molecule has 1 atom stereocenters. The van der Waals surface area contributed by atoms with Crippen LogP contribution >= 0.6 is 11.3 Å². The Bertz CT molecular complexity index is 1460. The van der Waals surface area contributed by atoms with Gasteiger partial charge >= 0.3 is 6.18 Å². The Balaban J connectivity index is 1.18. The molecule has 3 aromatic rings. The van der Waals surface area contributed by atoms with E-state index in [4.69, 9.17) is 9.82 Å². The van der Waals surface area contributed by atoms with E-state index in [0.717, 1.165) is 33.1 Å². The Hall–Kier alpha value is -3.47. The van der Waals surface area contributed by atoms with Crippen LogP contribution in [0.5, 0.6) is 0 Å². The maximum atomic E-state index is 13.0. The van der Waals surface area contributed by atoms with E-state index >= 15 is 0 Å². The van der Waals surface area contributed by atoms with E-state index in [-0.39, 0.29) is 17.9 Å². The molecule has 1 fully saturated rings. The number of benzene rings is 1. The largest absolute Gasteiger partial charge is 0.417 e. The van der Waals surface area contributed by atoms with Gasteiger partial charge in [0.15, 0.2) is 6.10 Å². The zero-order chi connectivity index (χ0) is 27.9. The minimum atomic E-state index is -4.58. The summed E-state index contributed by atoms with van der Waals surface area (Å²) >= 11 is 1.56. The number of halogens is 3. The van der Waals surface area contributed by atoms with Crippen molar-refractivity contribution in [1.29, 1.82) is 0 Å². The van der Waals surface area contributed by atoms with Crippen molar-refractivity contribution in [2.24, 2.45) is 5.16 Å². The van der Waals surface area contributed by atoms with Crippen molar-refractivity contribution in [1.82, 2.24) is 14.5 Å². The van der Waals surface area contributed by atoms with E-state index in [1.54, 1.807) is 16.2 Å². The zero-order valence-electron chi connectivity index (χ0n) is 21.9. The first kappa shape index (κ1) is 27.1. The molecule has 7 nitrogen and oxygen atoms in total. The molecule has 0 saturated carbocycles. The minimum Gasteiger partial charge on any atom is -0.387 e. The molecule has 5 rings (SSSR count). The first-order valence-electron chi connectivity index (χ1n) is 12.8.